The van der Waals surface area contributed by atoms with Gasteiger partial charge in [0.05, 0.1) is 6.16 Å². The zero-order valence-electron chi connectivity index (χ0n) is 12.4. The van der Waals surface area contributed by atoms with Crippen LogP contribution in [-0.2, 0) is 4.57 Å². The number of hydrogen-bond acceptors (Lipinski definition) is 2. The Kier molecular flexibility index (Phi) is 18.1. The van der Waals surface area contributed by atoms with Crippen molar-refractivity contribution in [1.82, 2.24) is 0 Å². The summed E-state index contributed by atoms with van der Waals surface area (Å²) in [5.74, 6) is 0. The Hall–Kier alpha value is 0.580. The molecule has 0 fully saturated rings. The third kappa shape index (κ3) is 25.4. The molecule has 3 nitrogen and oxygen atoms in total. The van der Waals surface area contributed by atoms with Crippen LogP contribution in [0.3, 0.4) is 0 Å². The van der Waals surface area contributed by atoms with Crippen molar-refractivity contribution in [2.24, 2.45) is 0 Å². The van der Waals surface area contributed by atoms with E-state index in [2.05, 4.69) is 20.5 Å². The van der Waals surface area contributed by atoms with Crippen molar-refractivity contribution in [1.29, 1.82) is 0 Å². The quantitative estimate of drug-likeness (QED) is 0.494. The number of hydrogen-bond donors (Lipinski definition) is 1. The zero-order chi connectivity index (χ0) is 14.3. The van der Waals surface area contributed by atoms with Gasteiger partial charge >= 0.3 is 0 Å². The van der Waals surface area contributed by atoms with Crippen molar-refractivity contribution in [3.05, 3.63) is 0 Å². The summed E-state index contributed by atoms with van der Waals surface area (Å²) in [6.45, 7) is 6.70. The fourth-order valence-corrected chi connectivity index (χ4v) is 2.94. The minimum Gasteiger partial charge on any atom is -0.779 e. The molecule has 0 saturated carbocycles. The van der Waals surface area contributed by atoms with Crippen molar-refractivity contribution < 1.29 is 14.4 Å². The van der Waals surface area contributed by atoms with Gasteiger partial charge in [0.25, 0.3) is 0 Å². The third-order valence-electron chi connectivity index (χ3n) is 2.64. The number of rotatable bonds is 10. The molecule has 0 spiro atoms. The summed E-state index contributed by atoms with van der Waals surface area (Å²) in [5.41, 5.74) is 0. The molecule has 18 heavy (non-hydrogen) atoms. The predicted molar refractivity (Wildman–Crippen MR) is 83.5 cm³/mol. The van der Waals surface area contributed by atoms with Crippen LogP contribution in [0.25, 0.3) is 0 Å². The summed E-state index contributed by atoms with van der Waals surface area (Å²) in [6.07, 6.45) is 10.4. The summed E-state index contributed by atoms with van der Waals surface area (Å²) >= 11 is 0. The van der Waals surface area contributed by atoms with Crippen LogP contribution < -0.4 is 4.89 Å². The van der Waals surface area contributed by atoms with E-state index >= 15 is 0 Å². The van der Waals surface area contributed by atoms with E-state index in [-0.39, 0.29) is 6.16 Å². The summed E-state index contributed by atoms with van der Waals surface area (Å²) < 4.78 is 10.3. The molecule has 5 heteroatoms. The molecule has 1 N–H and O–H groups in total. The predicted octanol–water partition coefficient (Wildman–Crippen LogP) is 3.72. The van der Waals surface area contributed by atoms with E-state index in [0.717, 1.165) is 21.4 Å². The summed E-state index contributed by atoms with van der Waals surface area (Å²) in [7, 11) is -3.19. The minimum atomic E-state index is -3.97. The van der Waals surface area contributed by atoms with Gasteiger partial charge in [-0.2, -0.15) is 0 Å². The summed E-state index contributed by atoms with van der Waals surface area (Å²) in [4.78, 5) is 18.7. The van der Waals surface area contributed by atoms with E-state index in [9.17, 15) is 9.46 Å². The van der Waals surface area contributed by atoms with Crippen molar-refractivity contribution >= 4 is 16.2 Å². The zero-order valence-corrected chi connectivity index (χ0v) is 14.4. The van der Waals surface area contributed by atoms with E-state index in [0.29, 0.717) is 6.42 Å². The molecular formula is C13H32O3P2. The van der Waals surface area contributed by atoms with Crippen LogP contribution in [0.15, 0.2) is 0 Å². The van der Waals surface area contributed by atoms with Gasteiger partial charge in [0.1, 0.15) is 7.60 Å². The fourth-order valence-electron chi connectivity index (χ4n) is 1.50. The van der Waals surface area contributed by atoms with Gasteiger partial charge in [-0.1, -0.05) is 52.4 Å². The molecular weight excluding hydrogens is 266 g/mol. The Bertz CT molecular complexity index is 189. The van der Waals surface area contributed by atoms with Crippen LogP contribution in [0.2, 0.25) is 0 Å². The molecule has 2 atom stereocenters. The molecule has 0 bridgehead atoms. The topological polar surface area (TPSA) is 60.4 Å². The van der Waals surface area contributed by atoms with E-state index in [1.165, 1.54) is 38.3 Å². The maximum Gasteiger partial charge on any atom is 0.132 e. The van der Waals surface area contributed by atoms with Crippen LogP contribution in [0, 0.1) is 0 Å². The van der Waals surface area contributed by atoms with Gasteiger partial charge in [0.15, 0.2) is 0 Å². The second-order valence-corrected chi connectivity index (χ2v) is 7.80. The second kappa shape index (κ2) is 15.6. The van der Waals surface area contributed by atoms with Crippen LogP contribution in [-0.4, -0.2) is 23.9 Å². The van der Waals surface area contributed by atoms with Crippen molar-refractivity contribution in [3.63, 3.8) is 0 Å². The SMILES string of the molecule is CCCCCCCCP(=O)([O-])O.CCCC[PH2+]C. The molecule has 112 valence electrons. The standard InChI is InChI=1S/C8H19O3P.C5H13P/c1-2-3-4-5-6-7-8-12(9,10)11;1-3-4-5-6-2/h2-8H2,1H3,(H2,9,10,11);6H,3-5H2,1-2H3. The van der Waals surface area contributed by atoms with Crippen LogP contribution in [0.4, 0.5) is 0 Å². The monoisotopic (exact) mass is 298 g/mol. The van der Waals surface area contributed by atoms with E-state index < -0.39 is 7.60 Å². The summed E-state index contributed by atoms with van der Waals surface area (Å²) in [6, 6.07) is 0. The molecule has 0 aromatic heterocycles. The van der Waals surface area contributed by atoms with E-state index in [1.807, 2.05) is 0 Å². The maximum atomic E-state index is 10.3. The van der Waals surface area contributed by atoms with Crippen LogP contribution in [0.5, 0.6) is 0 Å². The molecule has 0 saturated heterocycles. The molecule has 0 heterocycles. The van der Waals surface area contributed by atoms with Gasteiger partial charge in [0.2, 0.25) is 0 Å². The Morgan fingerprint density at radius 1 is 1.00 bits per heavy atom. The van der Waals surface area contributed by atoms with Gasteiger partial charge in [-0.15, -0.1) is 0 Å². The molecule has 0 aliphatic heterocycles. The Labute approximate surface area is 115 Å². The van der Waals surface area contributed by atoms with Gasteiger partial charge in [-0.3, -0.25) is 0 Å². The highest BCUT2D eigenvalue weighted by atomic mass is 31.2. The van der Waals surface area contributed by atoms with Gasteiger partial charge in [-0.05, 0) is 21.4 Å². The first-order valence-electron chi connectivity index (χ1n) is 7.28. The highest BCUT2D eigenvalue weighted by Crippen LogP contribution is 2.30. The second-order valence-electron chi connectivity index (χ2n) is 4.68. The first kappa shape index (κ1) is 20.9. The lowest BCUT2D eigenvalue weighted by Crippen LogP contribution is -2.03. The fraction of sp³-hybridized carbons (Fsp3) is 1.00. The Morgan fingerprint density at radius 3 is 1.89 bits per heavy atom. The molecule has 0 aromatic rings. The molecule has 2 unspecified atom stereocenters. The lowest BCUT2D eigenvalue weighted by molar-refractivity contribution is -0.193. The van der Waals surface area contributed by atoms with Crippen LogP contribution >= 0.6 is 16.2 Å². The van der Waals surface area contributed by atoms with Gasteiger partial charge < -0.3 is 14.4 Å². The highest BCUT2D eigenvalue weighted by Gasteiger charge is 2.00. The van der Waals surface area contributed by atoms with Gasteiger partial charge in [0, 0.05) is 12.8 Å². The highest BCUT2D eigenvalue weighted by molar-refractivity contribution is 7.50. The number of unbranched alkanes of at least 4 members (excludes halogenated alkanes) is 6. The molecule has 0 radical (unpaired) electrons. The lowest BCUT2D eigenvalue weighted by Gasteiger charge is -2.14. The van der Waals surface area contributed by atoms with E-state index in [1.54, 1.807) is 0 Å². The molecule has 0 aromatic carbocycles. The molecule has 0 rings (SSSR count). The Morgan fingerprint density at radius 2 is 1.50 bits per heavy atom. The third-order valence-corrected chi connectivity index (χ3v) is 4.51. The lowest BCUT2D eigenvalue weighted by atomic mass is 10.1. The van der Waals surface area contributed by atoms with E-state index in [4.69, 9.17) is 4.89 Å². The van der Waals surface area contributed by atoms with Crippen molar-refractivity contribution in [3.8, 4) is 0 Å². The first-order valence-corrected chi connectivity index (χ1v) is 11.0. The average Bonchev–Trinajstić information content (AvgIpc) is 2.30. The molecule has 0 aliphatic carbocycles. The van der Waals surface area contributed by atoms with Crippen LogP contribution in [0.1, 0.15) is 65.2 Å². The van der Waals surface area contributed by atoms with Crippen molar-refractivity contribution in [2.75, 3.05) is 19.0 Å². The Balaban J connectivity index is 0. The normalized spacial score (nSPS) is 14.3. The first-order chi connectivity index (χ1) is 8.47. The van der Waals surface area contributed by atoms with Crippen molar-refractivity contribution in [2.45, 2.75) is 65.2 Å². The molecule has 0 amide bonds. The molecule has 0 aliphatic rings. The van der Waals surface area contributed by atoms with Gasteiger partial charge in [-0.25, -0.2) is 0 Å². The summed E-state index contributed by atoms with van der Waals surface area (Å²) in [5, 5.41) is 0. The maximum absolute atomic E-state index is 10.3. The largest absolute Gasteiger partial charge is 0.779 e. The average molecular weight is 298 g/mol. The smallest absolute Gasteiger partial charge is 0.132 e. The minimum absolute atomic E-state index is 0.0564.